The van der Waals surface area contributed by atoms with Crippen LogP contribution in [0, 0.1) is 0 Å². The zero-order valence-electron chi connectivity index (χ0n) is 18.4. The predicted octanol–water partition coefficient (Wildman–Crippen LogP) is 5.92. The molecule has 0 heterocycles. The number of aliphatic carboxylic acids is 1. The second kappa shape index (κ2) is 11.0. The van der Waals surface area contributed by atoms with Gasteiger partial charge in [-0.15, -0.1) is 0 Å². The lowest BCUT2D eigenvalue weighted by Crippen LogP contribution is -2.28. The van der Waals surface area contributed by atoms with Crippen molar-refractivity contribution in [3.8, 4) is 11.5 Å². The molecular weight excluding hydrogens is 638 g/mol. The number of esters is 2. The van der Waals surface area contributed by atoms with Gasteiger partial charge in [-0.05, 0) is 69.5 Å². The average Bonchev–Trinajstić information content (AvgIpc) is 2.68. The quantitative estimate of drug-likeness (QED) is 0.155. The number of benzene rings is 2. The van der Waals surface area contributed by atoms with Gasteiger partial charge in [-0.1, -0.05) is 69.4 Å². The van der Waals surface area contributed by atoms with Crippen LogP contribution in [0.25, 0.3) is 0 Å². The summed E-state index contributed by atoms with van der Waals surface area (Å²) >= 11 is 4.05. The highest BCUT2D eigenvalue weighted by Gasteiger charge is 2.27. The molecule has 0 fully saturated rings. The van der Waals surface area contributed by atoms with E-state index in [0.29, 0.717) is 17.9 Å². The van der Waals surface area contributed by atoms with E-state index in [2.05, 4.69) is 0 Å². The number of carboxylic acid groups (broad SMARTS) is 1. The fourth-order valence-corrected chi connectivity index (χ4v) is 3.01. The minimum Gasteiger partial charge on any atom is -0.481 e. The van der Waals surface area contributed by atoms with Gasteiger partial charge in [-0.3, -0.25) is 14.4 Å². The van der Waals surface area contributed by atoms with Crippen molar-refractivity contribution in [1.29, 1.82) is 0 Å². The molecule has 0 amide bonds. The Morgan fingerprint density at radius 1 is 0.781 bits per heavy atom. The molecule has 2 rings (SSSR count). The van der Waals surface area contributed by atoms with E-state index in [9.17, 15) is 19.5 Å². The molecular formula is C24H26I2O6. The summed E-state index contributed by atoms with van der Waals surface area (Å²) in [6, 6.07) is 14.2. The van der Waals surface area contributed by atoms with Crippen LogP contribution in [0.5, 0.6) is 11.5 Å². The van der Waals surface area contributed by atoms with Gasteiger partial charge >= 0.3 is 17.9 Å². The van der Waals surface area contributed by atoms with Gasteiger partial charge in [0.25, 0.3) is 0 Å². The van der Waals surface area contributed by atoms with E-state index in [1.54, 1.807) is 52.0 Å². The normalized spacial score (nSPS) is 11.8. The summed E-state index contributed by atoms with van der Waals surface area (Å²) < 4.78 is 9.53. The van der Waals surface area contributed by atoms with Crippen molar-refractivity contribution in [2.24, 2.45) is 0 Å². The fourth-order valence-electron chi connectivity index (χ4n) is 2.79. The lowest BCUT2D eigenvalue weighted by Gasteiger charge is -2.19. The molecule has 0 aromatic heterocycles. The zero-order valence-corrected chi connectivity index (χ0v) is 22.7. The van der Waals surface area contributed by atoms with Crippen LogP contribution in [-0.4, -0.2) is 29.9 Å². The molecule has 8 heteroatoms. The summed E-state index contributed by atoms with van der Waals surface area (Å²) in [5.74, 6) is -0.864. The molecule has 0 aliphatic rings. The van der Waals surface area contributed by atoms with E-state index in [0.717, 1.165) is 11.1 Å². The Kier molecular flexibility index (Phi) is 9.09. The SMILES string of the molecule is CC(C)(I)C(=O)Oc1ccc(C(CCC(=O)O)c2ccc(OC(=O)C(C)(C)I)cc2)cc1. The Morgan fingerprint density at radius 3 is 1.41 bits per heavy atom. The van der Waals surface area contributed by atoms with Crippen LogP contribution in [0.15, 0.2) is 48.5 Å². The Balaban J connectivity index is 2.23. The molecule has 0 unspecified atom stereocenters. The van der Waals surface area contributed by atoms with Crippen LogP contribution in [0.4, 0.5) is 0 Å². The molecule has 6 nitrogen and oxygen atoms in total. The van der Waals surface area contributed by atoms with E-state index in [4.69, 9.17) is 9.47 Å². The molecule has 1 N–H and O–H groups in total. The largest absolute Gasteiger partial charge is 0.481 e. The van der Waals surface area contributed by atoms with Crippen molar-refractivity contribution >= 4 is 63.1 Å². The van der Waals surface area contributed by atoms with Gasteiger partial charge in [-0.2, -0.15) is 0 Å². The highest BCUT2D eigenvalue weighted by atomic mass is 127. The highest BCUT2D eigenvalue weighted by Crippen LogP contribution is 2.32. The lowest BCUT2D eigenvalue weighted by molar-refractivity contribution is -0.137. The summed E-state index contributed by atoms with van der Waals surface area (Å²) in [5, 5.41) is 9.18. The molecule has 0 spiro atoms. The molecule has 32 heavy (non-hydrogen) atoms. The maximum Gasteiger partial charge on any atom is 0.326 e. The Hall–Kier alpha value is -1.69. The second-order valence-corrected chi connectivity index (χ2v) is 13.7. The highest BCUT2D eigenvalue weighted by molar-refractivity contribution is 14.1. The van der Waals surface area contributed by atoms with E-state index >= 15 is 0 Å². The van der Waals surface area contributed by atoms with Crippen molar-refractivity contribution in [1.82, 2.24) is 0 Å². The number of hydrogen-bond acceptors (Lipinski definition) is 5. The van der Waals surface area contributed by atoms with Crippen molar-refractivity contribution < 1.29 is 29.0 Å². The van der Waals surface area contributed by atoms with Gasteiger partial charge in [0.2, 0.25) is 0 Å². The van der Waals surface area contributed by atoms with Crippen LogP contribution in [0.3, 0.4) is 0 Å². The van der Waals surface area contributed by atoms with Gasteiger partial charge in [0.15, 0.2) is 0 Å². The summed E-state index contributed by atoms with van der Waals surface area (Å²) in [4.78, 5) is 35.4. The van der Waals surface area contributed by atoms with E-state index in [-0.39, 0.29) is 24.3 Å². The summed E-state index contributed by atoms with van der Waals surface area (Å²) in [7, 11) is 0. The monoisotopic (exact) mass is 664 g/mol. The molecule has 0 atom stereocenters. The number of carboxylic acids is 1. The third kappa shape index (κ3) is 8.02. The van der Waals surface area contributed by atoms with Crippen LogP contribution in [-0.2, 0) is 14.4 Å². The Labute approximate surface area is 215 Å². The second-order valence-electron chi connectivity index (χ2n) is 8.35. The van der Waals surface area contributed by atoms with Gasteiger partial charge in [0.05, 0.1) is 0 Å². The van der Waals surface area contributed by atoms with Gasteiger partial charge in [0, 0.05) is 12.3 Å². The van der Waals surface area contributed by atoms with Gasteiger partial charge < -0.3 is 14.6 Å². The fraction of sp³-hybridized carbons (Fsp3) is 0.375. The van der Waals surface area contributed by atoms with Crippen LogP contribution in [0.2, 0.25) is 0 Å². The van der Waals surface area contributed by atoms with E-state index in [1.807, 2.05) is 69.4 Å². The van der Waals surface area contributed by atoms with Gasteiger partial charge in [-0.25, -0.2) is 0 Å². The van der Waals surface area contributed by atoms with Crippen molar-refractivity contribution in [2.45, 2.75) is 53.3 Å². The van der Waals surface area contributed by atoms with Crippen molar-refractivity contribution in [3.05, 3.63) is 59.7 Å². The first-order chi connectivity index (χ1) is 14.8. The third-order valence-electron chi connectivity index (χ3n) is 4.60. The molecule has 2 aromatic carbocycles. The molecule has 0 saturated carbocycles. The lowest BCUT2D eigenvalue weighted by atomic mass is 9.87. The standard InChI is InChI=1S/C24H26I2O6/c1-23(2,25)21(29)31-17-9-5-15(6-10-17)19(13-14-20(27)28)16-7-11-18(12-8-16)32-22(30)24(3,4)26/h5-12,19H,13-14H2,1-4H3,(H,27,28). The maximum atomic E-state index is 12.1. The number of carbonyl (C=O) groups is 3. The topological polar surface area (TPSA) is 89.9 Å². The third-order valence-corrected chi connectivity index (χ3v) is 5.48. The number of ether oxygens (including phenoxy) is 2. The molecule has 0 radical (unpaired) electrons. The van der Waals surface area contributed by atoms with Crippen molar-refractivity contribution in [2.75, 3.05) is 0 Å². The molecule has 0 aliphatic heterocycles. The number of rotatable bonds is 9. The number of carbonyl (C=O) groups excluding carboxylic acids is 2. The van der Waals surface area contributed by atoms with Crippen LogP contribution < -0.4 is 9.47 Å². The minimum absolute atomic E-state index is 0.00416. The van der Waals surface area contributed by atoms with E-state index in [1.165, 1.54) is 0 Å². The first kappa shape index (κ1) is 26.6. The molecule has 172 valence electrons. The van der Waals surface area contributed by atoms with Crippen LogP contribution in [0.1, 0.15) is 57.6 Å². The maximum absolute atomic E-state index is 12.1. The molecule has 0 aliphatic carbocycles. The summed E-state index contributed by atoms with van der Waals surface area (Å²) in [6.07, 6.45) is 0.402. The first-order valence-electron chi connectivity index (χ1n) is 10.0. The number of alkyl halides is 2. The average molecular weight is 664 g/mol. The minimum atomic E-state index is -0.875. The molecule has 2 aromatic rings. The Bertz CT molecular complexity index is 882. The molecule has 0 bridgehead atoms. The number of halogens is 2. The summed E-state index contributed by atoms with van der Waals surface area (Å²) in [6.45, 7) is 7.09. The van der Waals surface area contributed by atoms with Crippen molar-refractivity contribution in [3.63, 3.8) is 0 Å². The van der Waals surface area contributed by atoms with E-state index < -0.39 is 12.8 Å². The predicted molar refractivity (Wildman–Crippen MR) is 139 cm³/mol. The number of hydrogen-bond donors (Lipinski definition) is 1. The van der Waals surface area contributed by atoms with Crippen LogP contribution >= 0.6 is 45.2 Å². The molecule has 0 saturated heterocycles. The summed E-state index contributed by atoms with van der Waals surface area (Å²) in [5.41, 5.74) is 1.80. The Morgan fingerprint density at radius 2 is 1.12 bits per heavy atom. The van der Waals surface area contributed by atoms with Gasteiger partial charge in [0.1, 0.15) is 18.3 Å². The smallest absolute Gasteiger partial charge is 0.326 e. The first-order valence-corrected chi connectivity index (χ1v) is 12.2. The zero-order chi connectivity index (χ0) is 24.1.